The van der Waals surface area contributed by atoms with E-state index in [-0.39, 0.29) is 11.2 Å². The van der Waals surface area contributed by atoms with Crippen molar-refractivity contribution in [3.8, 4) is 0 Å². The highest BCUT2D eigenvalue weighted by atomic mass is 16.1. The summed E-state index contributed by atoms with van der Waals surface area (Å²) in [7, 11) is 0. The molecule has 1 atom stereocenters. The van der Waals surface area contributed by atoms with Crippen molar-refractivity contribution in [2.45, 2.75) is 12.8 Å². The van der Waals surface area contributed by atoms with Crippen molar-refractivity contribution in [3.05, 3.63) is 16.7 Å². The number of H-pyrrole nitrogens is 1. The van der Waals surface area contributed by atoms with Gasteiger partial charge in [0.05, 0.1) is 6.33 Å². The Balaban J connectivity index is 1.84. The third kappa shape index (κ3) is 2.52. The Morgan fingerprint density at radius 3 is 3.25 bits per heavy atom. The smallest absolute Gasteiger partial charge is 0.276 e. The number of hydrogen-bond donors (Lipinski definition) is 4. The van der Waals surface area contributed by atoms with Gasteiger partial charge in [0.2, 0.25) is 0 Å². The number of hydrogen-bond acceptors (Lipinski definition) is 5. The Bertz CT molecular complexity index is 396. The monoisotopic (exact) mass is 223 g/mol. The van der Waals surface area contributed by atoms with Gasteiger partial charge in [-0.1, -0.05) is 0 Å². The highest BCUT2D eigenvalue weighted by Crippen LogP contribution is 2.13. The molecular weight excluding hydrogens is 206 g/mol. The second kappa shape index (κ2) is 4.98. The van der Waals surface area contributed by atoms with Crippen LogP contribution in [0.25, 0.3) is 0 Å². The van der Waals surface area contributed by atoms with Gasteiger partial charge in [-0.3, -0.25) is 4.79 Å². The highest BCUT2D eigenvalue weighted by molar-refractivity contribution is 5.58. The van der Waals surface area contributed by atoms with Crippen LogP contribution in [0.5, 0.6) is 0 Å². The van der Waals surface area contributed by atoms with Gasteiger partial charge in [-0.05, 0) is 31.8 Å². The molecule has 0 aliphatic carbocycles. The maximum Gasteiger partial charge on any atom is 0.276 e. The molecule has 0 bridgehead atoms. The molecule has 2 rings (SSSR count). The summed E-state index contributed by atoms with van der Waals surface area (Å²) in [6.07, 6.45) is 3.65. The molecule has 0 aromatic carbocycles. The van der Waals surface area contributed by atoms with Gasteiger partial charge < -0.3 is 21.4 Å². The van der Waals surface area contributed by atoms with Crippen molar-refractivity contribution in [1.29, 1.82) is 0 Å². The van der Waals surface area contributed by atoms with Gasteiger partial charge in [-0.2, -0.15) is 0 Å². The summed E-state index contributed by atoms with van der Waals surface area (Å²) in [6, 6.07) is 0. The van der Waals surface area contributed by atoms with Gasteiger partial charge in [0, 0.05) is 6.54 Å². The standard InChI is InChI=1S/C10H17N5O/c11-8-9(14-6-15-10(8)16)13-4-2-7-1-3-12-5-7/h6-7,12H,1-5,11H2,(H2,13,14,15,16). The first-order valence-corrected chi connectivity index (χ1v) is 5.55. The first-order chi connectivity index (χ1) is 7.77. The van der Waals surface area contributed by atoms with E-state index in [1.807, 2.05) is 0 Å². The molecule has 1 fully saturated rings. The maximum absolute atomic E-state index is 11.2. The minimum atomic E-state index is -0.292. The van der Waals surface area contributed by atoms with Crippen LogP contribution in [-0.4, -0.2) is 29.6 Å². The fraction of sp³-hybridized carbons (Fsp3) is 0.600. The Morgan fingerprint density at radius 2 is 2.50 bits per heavy atom. The quantitative estimate of drug-likeness (QED) is 0.565. The highest BCUT2D eigenvalue weighted by Gasteiger charge is 2.13. The molecule has 1 unspecified atom stereocenters. The van der Waals surface area contributed by atoms with Crippen LogP contribution in [0.1, 0.15) is 12.8 Å². The van der Waals surface area contributed by atoms with Crippen molar-refractivity contribution >= 4 is 11.5 Å². The van der Waals surface area contributed by atoms with Crippen LogP contribution in [0.15, 0.2) is 11.1 Å². The molecule has 0 saturated carbocycles. The Kier molecular flexibility index (Phi) is 3.40. The zero-order valence-corrected chi connectivity index (χ0v) is 9.12. The lowest BCUT2D eigenvalue weighted by Crippen LogP contribution is -2.18. The van der Waals surface area contributed by atoms with Gasteiger partial charge in [0.1, 0.15) is 5.69 Å². The van der Waals surface area contributed by atoms with Crippen molar-refractivity contribution in [2.75, 3.05) is 30.7 Å². The first kappa shape index (κ1) is 10.9. The number of nitrogens with zero attached hydrogens (tertiary/aromatic N) is 1. The normalized spacial score (nSPS) is 19.9. The summed E-state index contributed by atoms with van der Waals surface area (Å²) < 4.78 is 0. The number of aromatic nitrogens is 2. The van der Waals surface area contributed by atoms with E-state index in [1.54, 1.807) is 0 Å². The molecule has 16 heavy (non-hydrogen) atoms. The molecule has 1 aliphatic rings. The summed E-state index contributed by atoms with van der Waals surface area (Å²) in [5.41, 5.74) is 5.46. The van der Waals surface area contributed by atoms with E-state index < -0.39 is 0 Å². The van der Waals surface area contributed by atoms with Gasteiger partial charge in [-0.25, -0.2) is 4.98 Å². The lowest BCUT2D eigenvalue weighted by Gasteiger charge is -2.10. The van der Waals surface area contributed by atoms with Crippen LogP contribution in [0.4, 0.5) is 11.5 Å². The summed E-state index contributed by atoms with van der Waals surface area (Å²) in [5.74, 6) is 1.20. The fourth-order valence-corrected chi connectivity index (χ4v) is 1.91. The van der Waals surface area contributed by atoms with Gasteiger partial charge in [0.15, 0.2) is 5.82 Å². The van der Waals surface area contributed by atoms with Crippen LogP contribution in [0.2, 0.25) is 0 Å². The summed E-state index contributed by atoms with van der Waals surface area (Å²) in [4.78, 5) is 17.6. The largest absolute Gasteiger partial charge is 0.391 e. The predicted octanol–water partition coefficient (Wildman–Crippen LogP) is -0.236. The van der Waals surface area contributed by atoms with E-state index in [9.17, 15) is 4.79 Å². The van der Waals surface area contributed by atoms with Crippen LogP contribution >= 0.6 is 0 Å². The lowest BCUT2D eigenvalue weighted by atomic mass is 10.1. The topological polar surface area (TPSA) is 95.8 Å². The average Bonchev–Trinajstić information content (AvgIpc) is 2.77. The minimum absolute atomic E-state index is 0.159. The van der Waals surface area contributed by atoms with E-state index in [0.717, 1.165) is 32.0 Å². The number of rotatable bonds is 4. The number of nitrogen functional groups attached to an aromatic ring is 1. The Hall–Kier alpha value is -1.56. The second-order valence-electron chi connectivity index (χ2n) is 4.07. The molecule has 0 amide bonds. The number of nitrogens with one attached hydrogen (secondary N) is 3. The second-order valence-corrected chi connectivity index (χ2v) is 4.07. The number of anilines is 2. The Labute approximate surface area is 93.7 Å². The molecule has 1 aromatic rings. The van der Waals surface area contributed by atoms with E-state index >= 15 is 0 Å². The van der Waals surface area contributed by atoms with E-state index in [2.05, 4.69) is 20.6 Å². The maximum atomic E-state index is 11.2. The molecule has 5 N–H and O–H groups in total. The zero-order chi connectivity index (χ0) is 11.4. The Morgan fingerprint density at radius 1 is 1.62 bits per heavy atom. The molecule has 1 aromatic heterocycles. The van der Waals surface area contributed by atoms with E-state index in [0.29, 0.717) is 5.82 Å². The number of aromatic amines is 1. The van der Waals surface area contributed by atoms with Crippen LogP contribution in [0, 0.1) is 5.92 Å². The summed E-state index contributed by atoms with van der Waals surface area (Å²) in [5, 5.41) is 6.42. The van der Waals surface area contributed by atoms with Crippen molar-refractivity contribution < 1.29 is 0 Å². The first-order valence-electron chi connectivity index (χ1n) is 5.55. The molecule has 0 radical (unpaired) electrons. The number of nitrogens with two attached hydrogens (primary N) is 1. The summed E-state index contributed by atoms with van der Waals surface area (Å²) in [6.45, 7) is 2.99. The van der Waals surface area contributed by atoms with Gasteiger partial charge in [0.25, 0.3) is 5.56 Å². The van der Waals surface area contributed by atoms with Crippen LogP contribution in [0.3, 0.4) is 0 Å². The van der Waals surface area contributed by atoms with Gasteiger partial charge in [-0.15, -0.1) is 0 Å². The molecule has 88 valence electrons. The van der Waals surface area contributed by atoms with Gasteiger partial charge >= 0.3 is 0 Å². The van der Waals surface area contributed by atoms with E-state index in [4.69, 9.17) is 5.73 Å². The van der Waals surface area contributed by atoms with Crippen LogP contribution in [-0.2, 0) is 0 Å². The minimum Gasteiger partial charge on any atom is -0.391 e. The summed E-state index contributed by atoms with van der Waals surface area (Å²) >= 11 is 0. The SMILES string of the molecule is Nc1c(NCCC2CCNC2)nc[nH]c1=O. The molecule has 0 spiro atoms. The molecule has 6 heteroatoms. The molecular formula is C10H17N5O. The fourth-order valence-electron chi connectivity index (χ4n) is 1.91. The third-order valence-corrected chi connectivity index (χ3v) is 2.90. The average molecular weight is 223 g/mol. The zero-order valence-electron chi connectivity index (χ0n) is 9.12. The molecule has 6 nitrogen and oxygen atoms in total. The molecule has 2 heterocycles. The predicted molar refractivity (Wildman–Crippen MR) is 63.4 cm³/mol. The van der Waals surface area contributed by atoms with Crippen molar-refractivity contribution in [3.63, 3.8) is 0 Å². The molecule has 1 saturated heterocycles. The van der Waals surface area contributed by atoms with Crippen molar-refractivity contribution in [2.24, 2.45) is 5.92 Å². The lowest BCUT2D eigenvalue weighted by molar-refractivity contribution is 0.549. The van der Waals surface area contributed by atoms with Crippen LogP contribution < -0.4 is 21.9 Å². The van der Waals surface area contributed by atoms with Crippen molar-refractivity contribution in [1.82, 2.24) is 15.3 Å². The van der Waals surface area contributed by atoms with E-state index in [1.165, 1.54) is 12.7 Å². The third-order valence-electron chi connectivity index (χ3n) is 2.90. The molecule has 1 aliphatic heterocycles.